The van der Waals surface area contributed by atoms with Gasteiger partial charge in [0.15, 0.2) is 5.03 Å². The predicted octanol–water partition coefficient (Wildman–Crippen LogP) is 1.37. The van der Waals surface area contributed by atoms with Gasteiger partial charge in [-0.25, -0.2) is 15.0 Å². The number of anilines is 1. The summed E-state index contributed by atoms with van der Waals surface area (Å²) in [5, 5.41) is 14.4. The summed E-state index contributed by atoms with van der Waals surface area (Å²) in [5.41, 5.74) is -0.171. The van der Waals surface area contributed by atoms with Crippen molar-refractivity contribution in [1.82, 2.24) is 19.9 Å². The molecule has 0 bridgehead atoms. The predicted molar refractivity (Wildman–Crippen MR) is 64.4 cm³/mol. The average Bonchev–Trinajstić information content (AvgIpc) is 2.39. The van der Waals surface area contributed by atoms with Crippen LogP contribution in [0.25, 0.3) is 0 Å². The number of nitrogens with one attached hydrogen (secondary N) is 1. The van der Waals surface area contributed by atoms with Gasteiger partial charge in [0.1, 0.15) is 11.4 Å². The van der Waals surface area contributed by atoms with Gasteiger partial charge >= 0.3 is 5.69 Å². The highest BCUT2D eigenvalue weighted by atomic mass is 32.2. The standard InChI is InChI=1S/C9H8N6O2S/c1-10-8-7(15(16)17)9(14-5-13-8)18-6-4-11-2-3-12-6/h2-5H,1H3,(H,10,13,14). The van der Waals surface area contributed by atoms with Gasteiger partial charge in [-0.2, -0.15) is 0 Å². The van der Waals surface area contributed by atoms with E-state index in [1.807, 2.05) is 0 Å². The van der Waals surface area contributed by atoms with Gasteiger partial charge in [-0.05, 0) is 11.8 Å². The zero-order chi connectivity index (χ0) is 13.0. The normalized spacial score (nSPS) is 10.1. The first-order valence-corrected chi connectivity index (χ1v) is 5.65. The summed E-state index contributed by atoms with van der Waals surface area (Å²) >= 11 is 1.07. The SMILES string of the molecule is CNc1ncnc(Sc2cnccn2)c1[N+](=O)[O-]. The van der Waals surface area contributed by atoms with Crippen LogP contribution in [0.3, 0.4) is 0 Å². The Labute approximate surface area is 106 Å². The maximum Gasteiger partial charge on any atom is 0.343 e. The summed E-state index contributed by atoms with van der Waals surface area (Å²) in [7, 11) is 1.56. The molecule has 0 unspecified atom stereocenters. The van der Waals surface area contributed by atoms with E-state index in [4.69, 9.17) is 0 Å². The summed E-state index contributed by atoms with van der Waals surface area (Å²) in [6, 6.07) is 0. The first-order chi connectivity index (χ1) is 8.72. The van der Waals surface area contributed by atoms with Gasteiger partial charge < -0.3 is 5.32 Å². The van der Waals surface area contributed by atoms with Gasteiger partial charge in [-0.3, -0.25) is 15.1 Å². The van der Waals surface area contributed by atoms with Crippen LogP contribution in [0.15, 0.2) is 35.0 Å². The quantitative estimate of drug-likeness (QED) is 0.501. The first kappa shape index (κ1) is 12.2. The highest BCUT2D eigenvalue weighted by molar-refractivity contribution is 7.99. The Kier molecular flexibility index (Phi) is 3.63. The van der Waals surface area contributed by atoms with Crippen molar-refractivity contribution in [1.29, 1.82) is 0 Å². The van der Waals surface area contributed by atoms with Crippen LogP contribution in [0.4, 0.5) is 11.5 Å². The molecule has 0 amide bonds. The molecule has 8 nitrogen and oxygen atoms in total. The fourth-order valence-electron chi connectivity index (χ4n) is 1.22. The highest BCUT2D eigenvalue weighted by Gasteiger charge is 2.23. The molecule has 0 aliphatic rings. The van der Waals surface area contributed by atoms with E-state index in [0.29, 0.717) is 5.03 Å². The lowest BCUT2D eigenvalue weighted by Gasteiger charge is -2.04. The number of hydrogen-bond acceptors (Lipinski definition) is 8. The number of hydrogen-bond donors (Lipinski definition) is 1. The minimum Gasteiger partial charge on any atom is -0.367 e. The third-order valence-electron chi connectivity index (χ3n) is 1.95. The van der Waals surface area contributed by atoms with E-state index in [1.165, 1.54) is 24.9 Å². The molecule has 0 spiro atoms. The molecule has 0 fully saturated rings. The van der Waals surface area contributed by atoms with E-state index in [-0.39, 0.29) is 16.5 Å². The summed E-state index contributed by atoms with van der Waals surface area (Å²) in [5.74, 6) is 0.168. The van der Waals surface area contributed by atoms with E-state index in [0.717, 1.165) is 11.8 Å². The molecule has 0 saturated heterocycles. The largest absolute Gasteiger partial charge is 0.367 e. The fourth-order valence-corrected chi connectivity index (χ4v) is 2.01. The second-order valence-electron chi connectivity index (χ2n) is 3.03. The van der Waals surface area contributed by atoms with Crippen molar-refractivity contribution in [2.75, 3.05) is 12.4 Å². The van der Waals surface area contributed by atoms with Crippen LogP contribution in [-0.2, 0) is 0 Å². The van der Waals surface area contributed by atoms with E-state index in [1.54, 1.807) is 7.05 Å². The molecule has 0 aliphatic heterocycles. The van der Waals surface area contributed by atoms with Gasteiger partial charge in [-0.15, -0.1) is 0 Å². The zero-order valence-corrected chi connectivity index (χ0v) is 10.1. The summed E-state index contributed by atoms with van der Waals surface area (Å²) < 4.78 is 0. The lowest BCUT2D eigenvalue weighted by molar-refractivity contribution is -0.387. The summed E-state index contributed by atoms with van der Waals surface area (Å²) in [6.45, 7) is 0. The molecular weight excluding hydrogens is 256 g/mol. The molecule has 2 rings (SSSR count). The van der Waals surface area contributed by atoms with Gasteiger partial charge in [0, 0.05) is 19.4 Å². The molecule has 92 valence electrons. The van der Waals surface area contributed by atoms with Crippen molar-refractivity contribution < 1.29 is 4.92 Å². The topological polar surface area (TPSA) is 107 Å². The molecule has 0 radical (unpaired) electrons. The molecule has 1 N–H and O–H groups in total. The molecule has 2 aromatic rings. The Morgan fingerprint density at radius 3 is 2.78 bits per heavy atom. The third-order valence-corrected chi connectivity index (χ3v) is 2.86. The zero-order valence-electron chi connectivity index (χ0n) is 9.27. The van der Waals surface area contributed by atoms with Crippen LogP contribution in [-0.4, -0.2) is 31.9 Å². The van der Waals surface area contributed by atoms with Crippen molar-refractivity contribution in [2.24, 2.45) is 0 Å². The van der Waals surface area contributed by atoms with Crippen molar-refractivity contribution in [2.45, 2.75) is 10.1 Å². The van der Waals surface area contributed by atoms with Crippen LogP contribution in [0, 0.1) is 10.1 Å². The van der Waals surface area contributed by atoms with E-state index >= 15 is 0 Å². The molecule has 9 heteroatoms. The maximum atomic E-state index is 11.0. The molecule has 2 aromatic heterocycles. The van der Waals surface area contributed by atoms with Crippen LogP contribution < -0.4 is 5.32 Å². The van der Waals surface area contributed by atoms with Gasteiger partial charge in [0.05, 0.1) is 11.1 Å². The van der Waals surface area contributed by atoms with E-state index in [2.05, 4.69) is 25.3 Å². The Bertz CT molecular complexity index is 564. The molecule has 2 heterocycles. The molecule has 18 heavy (non-hydrogen) atoms. The summed E-state index contributed by atoms with van der Waals surface area (Å²) in [6.07, 6.45) is 5.80. The Morgan fingerprint density at radius 1 is 1.33 bits per heavy atom. The Morgan fingerprint density at radius 2 is 2.17 bits per heavy atom. The van der Waals surface area contributed by atoms with Crippen LogP contribution in [0.5, 0.6) is 0 Å². The molecular formula is C9H8N6O2S. The van der Waals surface area contributed by atoms with E-state index < -0.39 is 4.92 Å². The molecule has 0 aromatic carbocycles. The highest BCUT2D eigenvalue weighted by Crippen LogP contribution is 2.34. The van der Waals surface area contributed by atoms with Crippen LogP contribution in [0.2, 0.25) is 0 Å². The first-order valence-electron chi connectivity index (χ1n) is 4.83. The molecule has 0 saturated carbocycles. The number of aromatic nitrogens is 4. The van der Waals surface area contributed by atoms with Gasteiger partial charge in [0.2, 0.25) is 5.82 Å². The number of rotatable bonds is 4. The average molecular weight is 264 g/mol. The lowest BCUT2D eigenvalue weighted by Crippen LogP contribution is -2.02. The minimum atomic E-state index is -0.523. The maximum absolute atomic E-state index is 11.0. The number of nitrogens with zero attached hydrogens (tertiary/aromatic N) is 5. The van der Waals surface area contributed by atoms with Crippen molar-refractivity contribution in [3.63, 3.8) is 0 Å². The van der Waals surface area contributed by atoms with Gasteiger partial charge in [0.25, 0.3) is 0 Å². The van der Waals surface area contributed by atoms with Crippen molar-refractivity contribution >= 4 is 23.3 Å². The molecule has 0 aliphatic carbocycles. The third kappa shape index (κ3) is 2.51. The Hall–Kier alpha value is -2.29. The van der Waals surface area contributed by atoms with Crippen molar-refractivity contribution in [3.8, 4) is 0 Å². The number of nitro groups is 1. The van der Waals surface area contributed by atoms with Crippen molar-refractivity contribution in [3.05, 3.63) is 35.0 Å². The minimum absolute atomic E-state index is 0.168. The molecule has 0 atom stereocenters. The van der Waals surface area contributed by atoms with Crippen LogP contribution in [0.1, 0.15) is 0 Å². The Balaban J connectivity index is 2.42. The monoisotopic (exact) mass is 264 g/mol. The fraction of sp³-hybridized carbons (Fsp3) is 0.111. The summed E-state index contributed by atoms with van der Waals surface area (Å²) in [4.78, 5) is 26.1. The lowest BCUT2D eigenvalue weighted by atomic mass is 10.5. The van der Waals surface area contributed by atoms with Crippen LogP contribution >= 0.6 is 11.8 Å². The van der Waals surface area contributed by atoms with Gasteiger partial charge in [-0.1, -0.05) is 0 Å². The smallest absolute Gasteiger partial charge is 0.343 e. The second-order valence-corrected chi connectivity index (χ2v) is 4.04. The van der Waals surface area contributed by atoms with E-state index in [9.17, 15) is 10.1 Å². The second kappa shape index (κ2) is 5.36.